The number of methoxy groups -OCH3 is 1. The molecule has 2 fully saturated rings. The molecule has 6 nitrogen and oxygen atoms in total. The Balaban J connectivity index is 1.62. The van der Waals surface area contributed by atoms with Gasteiger partial charge in [0, 0.05) is 16.7 Å². The molecular formula is C24H18ClFN2O4. The van der Waals surface area contributed by atoms with E-state index in [4.69, 9.17) is 21.2 Å². The van der Waals surface area contributed by atoms with Crippen LogP contribution in [0, 0.1) is 11.7 Å². The van der Waals surface area contributed by atoms with E-state index in [0.717, 1.165) is 4.90 Å². The van der Waals surface area contributed by atoms with E-state index in [9.17, 15) is 14.0 Å². The largest absolute Gasteiger partial charge is 0.497 e. The van der Waals surface area contributed by atoms with Crippen LogP contribution in [0.15, 0.2) is 72.8 Å². The highest BCUT2D eigenvalue weighted by Gasteiger charge is 2.61. The first kappa shape index (κ1) is 20.5. The standard InChI is InChI=1S/C24H18ClFN2O4/c1-31-16-10-5-9-15(13-16)27-23(29)20-21(19-17(25)11-6-12-18(19)26)28(32-22(20)24(27)30)14-7-3-2-4-8-14/h2-13,20-22H,1H3/t20-,21+,22+/m1/s1. The van der Waals surface area contributed by atoms with E-state index in [1.165, 1.54) is 24.3 Å². The van der Waals surface area contributed by atoms with Gasteiger partial charge in [0.05, 0.1) is 18.5 Å². The van der Waals surface area contributed by atoms with Crippen LogP contribution in [0.1, 0.15) is 11.6 Å². The van der Waals surface area contributed by atoms with E-state index in [1.807, 2.05) is 6.07 Å². The molecule has 2 aliphatic heterocycles. The third-order valence-corrected chi connectivity index (χ3v) is 6.06. The number of imide groups is 1. The first-order valence-corrected chi connectivity index (χ1v) is 10.4. The van der Waals surface area contributed by atoms with E-state index in [-0.39, 0.29) is 10.6 Å². The van der Waals surface area contributed by atoms with Crippen LogP contribution in [0.2, 0.25) is 5.02 Å². The molecule has 0 unspecified atom stereocenters. The lowest BCUT2D eigenvalue weighted by atomic mass is 9.90. The topological polar surface area (TPSA) is 59.1 Å². The minimum Gasteiger partial charge on any atom is -0.497 e. The number of carbonyl (C=O) groups is 2. The van der Waals surface area contributed by atoms with Crippen molar-refractivity contribution >= 4 is 34.8 Å². The van der Waals surface area contributed by atoms with Gasteiger partial charge in [0.15, 0.2) is 6.10 Å². The first-order valence-electron chi connectivity index (χ1n) is 9.98. The number of nitrogens with zero attached hydrogens (tertiary/aromatic N) is 2. The molecule has 2 aliphatic rings. The molecule has 3 aromatic carbocycles. The van der Waals surface area contributed by atoms with Crippen molar-refractivity contribution in [3.05, 3.63) is 89.2 Å². The molecule has 3 aromatic rings. The van der Waals surface area contributed by atoms with Crippen LogP contribution in [0.25, 0.3) is 0 Å². The van der Waals surface area contributed by atoms with Gasteiger partial charge in [0.25, 0.3) is 5.91 Å². The molecule has 0 spiro atoms. The van der Waals surface area contributed by atoms with Gasteiger partial charge in [-0.15, -0.1) is 0 Å². The Labute approximate surface area is 188 Å². The monoisotopic (exact) mass is 452 g/mol. The van der Waals surface area contributed by atoms with Crippen molar-refractivity contribution in [2.45, 2.75) is 12.1 Å². The second kappa shape index (κ2) is 7.93. The number of ether oxygens (including phenoxy) is 1. The van der Waals surface area contributed by atoms with Crippen molar-refractivity contribution in [2.75, 3.05) is 17.1 Å². The Morgan fingerprint density at radius 2 is 1.66 bits per heavy atom. The molecule has 0 N–H and O–H groups in total. The third-order valence-electron chi connectivity index (χ3n) is 5.73. The van der Waals surface area contributed by atoms with Gasteiger partial charge in [-0.05, 0) is 36.4 Å². The molecule has 162 valence electrons. The van der Waals surface area contributed by atoms with Crippen molar-refractivity contribution in [1.82, 2.24) is 0 Å². The molecule has 0 bridgehead atoms. The van der Waals surface area contributed by atoms with Gasteiger partial charge in [-0.3, -0.25) is 14.4 Å². The number of halogens is 2. The average Bonchev–Trinajstić information content (AvgIpc) is 3.30. The Bertz CT molecular complexity index is 1190. The highest BCUT2D eigenvalue weighted by molar-refractivity contribution is 6.31. The smallest absolute Gasteiger partial charge is 0.266 e. The van der Waals surface area contributed by atoms with Gasteiger partial charge in [0.1, 0.15) is 23.5 Å². The minimum absolute atomic E-state index is 0.110. The summed E-state index contributed by atoms with van der Waals surface area (Å²) in [5.74, 6) is -2.07. The lowest BCUT2D eigenvalue weighted by Gasteiger charge is -2.29. The lowest BCUT2D eigenvalue weighted by molar-refractivity contribution is -0.126. The molecule has 0 aliphatic carbocycles. The zero-order chi connectivity index (χ0) is 22.4. The second-order valence-corrected chi connectivity index (χ2v) is 7.91. The van der Waals surface area contributed by atoms with Gasteiger partial charge >= 0.3 is 0 Å². The van der Waals surface area contributed by atoms with E-state index >= 15 is 0 Å². The molecule has 2 amide bonds. The molecule has 0 aromatic heterocycles. The average molecular weight is 453 g/mol. The Kier molecular flexibility index (Phi) is 5.07. The van der Waals surface area contributed by atoms with Crippen molar-refractivity contribution in [1.29, 1.82) is 0 Å². The fourth-order valence-corrected chi connectivity index (χ4v) is 4.58. The summed E-state index contributed by atoms with van der Waals surface area (Å²) in [6.07, 6.45) is -1.12. The third kappa shape index (κ3) is 3.13. The molecule has 0 radical (unpaired) electrons. The zero-order valence-corrected chi connectivity index (χ0v) is 17.7. The van der Waals surface area contributed by atoms with Gasteiger partial charge in [-0.2, -0.15) is 0 Å². The Morgan fingerprint density at radius 1 is 0.938 bits per heavy atom. The van der Waals surface area contributed by atoms with Crippen LogP contribution in [-0.4, -0.2) is 25.0 Å². The van der Waals surface area contributed by atoms with Crippen LogP contribution < -0.4 is 14.7 Å². The summed E-state index contributed by atoms with van der Waals surface area (Å²) in [4.78, 5) is 34.0. The van der Waals surface area contributed by atoms with Crippen LogP contribution in [0.4, 0.5) is 15.8 Å². The maximum absolute atomic E-state index is 15.0. The Morgan fingerprint density at radius 3 is 2.38 bits per heavy atom. The van der Waals surface area contributed by atoms with E-state index in [2.05, 4.69) is 0 Å². The first-order chi connectivity index (χ1) is 15.5. The number of carbonyl (C=O) groups excluding carboxylic acids is 2. The number of hydrogen-bond donors (Lipinski definition) is 0. The van der Waals surface area contributed by atoms with Gasteiger partial charge in [-0.25, -0.2) is 14.4 Å². The molecule has 32 heavy (non-hydrogen) atoms. The van der Waals surface area contributed by atoms with E-state index in [1.54, 1.807) is 54.6 Å². The second-order valence-electron chi connectivity index (χ2n) is 7.51. The zero-order valence-electron chi connectivity index (χ0n) is 16.9. The summed E-state index contributed by atoms with van der Waals surface area (Å²) < 4.78 is 20.2. The highest BCUT2D eigenvalue weighted by Crippen LogP contribution is 2.49. The fraction of sp³-hybridized carbons (Fsp3) is 0.167. The number of para-hydroxylation sites is 1. The SMILES string of the molecule is COc1cccc(N2C(=O)[C@H]3[C@H](ON(c4ccccc4)[C@H]3c3c(F)cccc3Cl)C2=O)c1. The summed E-state index contributed by atoms with van der Waals surface area (Å²) in [7, 11) is 1.50. The molecule has 2 saturated heterocycles. The Hall–Kier alpha value is -3.42. The number of rotatable bonds is 4. The number of hydroxylamine groups is 1. The maximum Gasteiger partial charge on any atom is 0.266 e. The van der Waals surface area contributed by atoms with Crippen LogP contribution in [-0.2, 0) is 14.4 Å². The van der Waals surface area contributed by atoms with Crippen LogP contribution in [0.3, 0.4) is 0 Å². The fourth-order valence-electron chi connectivity index (χ4n) is 4.30. The number of benzene rings is 3. The summed E-state index contributed by atoms with van der Waals surface area (Å²) in [5.41, 5.74) is 1.06. The van der Waals surface area contributed by atoms with Crippen molar-refractivity contribution in [2.24, 2.45) is 5.92 Å². The molecular weight excluding hydrogens is 435 g/mol. The highest BCUT2D eigenvalue weighted by atomic mass is 35.5. The predicted molar refractivity (Wildman–Crippen MR) is 117 cm³/mol. The van der Waals surface area contributed by atoms with Gasteiger partial charge in [0.2, 0.25) is 5.91 Å². The summed E-state index contributed by atoms with van der Waals surface area (Å²) in [5, 5.41) is 1.57. The molecule has 0 saturated carbocycles. The quantitative estimate of drug-likeness (QED) is 0.544. The maximum atomic E-state index is 15.0. The van der Waals surface area contributed by atoms with E-state index in [0.29, 0.717) is 17.1 Å². The molecule has 3 atom stereocenters. The van der Waals surface area contributed by atoms with Gasteiger partial charge in [-0.1, -0.05) is 41.9 Å². The van der Waals surface area contributed by atoms with Crippen molar-refractivity contribution < 1.29 is 23.6 Å². The van der Waals surface area contributed by atoms with Crippen molar-refractivity contribution in [3.63, 3.8) is 0 Å². The number of amides is 2. The summed E-state index contributed by atoms with van der Waals surface area (Å²) in [6, 6.07) is 19.0. The molecule has 2 heterocycles. The summed E-state index contributed by atoms with van der Waals surface area (Å²) in [6.45, 7) is 0. The van der Waals surface area contributed by atoms with Crippen molar-refractivity contribution in [3.8, 4) is 5.75 Å². The van der Waals surface area contributed by atoms with Crippen LogP contribution in [0.5, 0.6) is 5.75 Å². The molecule has 8 heteroatoms. The lowest BCUT2D eigenvalue weighted by Crippen LogP contribution is -2.37. The predicted octanol–water partition coefficient (Wildman–Crippen LogP) is 4.54. The number of hydrogen-bond acceptors (Lipinski definition) is 5. The summed E-state index contributed by atoms with van der Waals surface area (Å²) >= 11 is 6.38. The molecule has 5 rings (SSSR count). The van der Waals surface area contributed by atoms with Crippen LogP contribution >= 0.6 is 11.6 Å². The normalized spacial score (nSPS) is 22.4. The number of anilines is 2. The van der Waals surface area contributed by atoms with Gasteiger partial charge < -0.3 is 4.74 Å². The van der Waals surface area contributed by atoms with E-state index < -0.39 is 35.7 Å². The minimum atomic E-state index is -1.12. The number of fused-ring (bicyclic) bond motifs is 1.